The van der Waals surface area contributed by atoms with Crippen LogP contribution in [0.5, 0.6) is 0 Å². The van der Waals surface area contributed by atoms with Crippen molar-refractivity contribution >= 4 is 22.9 Å². The van der Waals surface area contributed by atoms with Crippen molar-refractivity contribution < 1.29 is 0 Å². The van der Waals surface area contributed by atoms with Gasteiger partial charge in [0.25, 0.3) is 0 Å². The molecule has 0 aromatic carbocycles. The van der Waals surface area contributed by atoms with Crippen molar-refractivity contribution in [3.05, 3.63) is 24.0 Å². The topological polar surface area (TPSA) is 42.2 Å². The summed E-state index contributed by atoms with van der Waals surface area (Å²) in [5.41, 5.74) is 7.50. The Morgan fingerprint density at radius 2 is 2.06 bits per heavy atom. The molecule has 1 saturated carbocycles. The fourth-order valence-electron chi connectivity index (χ4n) is 2.61. The molecule has 1 heterocycles. The lowest BCUT2D eigenvalue weighted by atomic mass is 9.86. The quantitative estimate of drug-likeness (QED) is 0.852. The fourth-order valence-corrected chi connectivity index (χ4v) is 2.73. The lowest BCUT2D eigenvalue weighted by molar-refractivity contribution is 0.341. The Morgan fingerprint density at radius 3 is 2.67 bits per heavy atom. The Kier molecular flexibility index (Phi) is 4.17. The van der Waals surface area contributed by atoms with E-state index in [0.29, 0.717) is 16.7 Å². The fraction of sp³-hybridized carbons (Fsp3) is 0.571. The normalized spacial score (nSPS) is 23.7. The van der Waals surface area contributed by atoms with Crippen molar-refractivity contribution in [2.75, 3.05) is 11.9 Å². The molecule has 1 aromatic rings. The van der Waals surface area contributed by atoms with Crippen LogP contribution in [0.4, 0.5) is 5.69 Å². The maximum absolute atomic E-state index is 5.63. The molecule has 0 aliphatic heterocycles. The first-order valence-electron chi connectivity index (χ1n) is 6.56. The van der Waals surface area contributed by atoms with E-state index in [-0.39, 0.29) is 0 Å². The van der Waals surface area contributed by atoms with Gasteiger partial charge >= 0.3 is 0 Å². The van der Waals surface area contributed by atoms with Gasteiger partial charge in [-0.25, -0.2) is 0 Å². The van der Waals surface area contributed by atoms with Crippen LogP contribution in [0.2, 0.25) is 0 Å². The second-order valence-electron chi connectivity index (χ2n) is 5.29. The average Bonchev–Trinajstić information content (AvgIpc) is 2.39. The number of nitrogens with zero attached hydrogens (tertiary/aromatic N) is 2. The van der Waals surface area contributed by atoms with Crippen LogP contribution in [0.1, 0.15) is 38.3 Å². The first kappa shape index (κ1) is 13.3. The smallest absolute Gasteiger partial charge is 0.122 e. The Labute approximate surface area is 114 Å². The Bertz CT molecular complexity index is 425. The summed E-state index contributed by atoms with van der Waals surface area (Å²) in [6.45, 7) is 2.34. The van der Waals surface area contributed by atoms with Gasteiger partial charge in [0.1, 0.15) is 4.99 Å². The molecule has 18 heavy (non-hydrogen) atoms. The van der Waals surface area contributed by atoms with Crippen LogP contribution in [0, 0.1) is 5.92 Å². The summed E-state index contributed by atoms with van der Waals surface area (Å²) in [4.78, 5) is 6.89. The molecule has 98 valence electrons. The van der Waals surface area contributed by atoms with E-state index < -0.39 is 0 Å². The first-order valence-corrected chi connectivity index (χ1v) is 6.97. The second kappa shape index (κ2) is 5.65. The monoisotopic (exact) mass is 263 g/mol. The Morgan fingerprint density at radius 1 is 1.39 bits per heavy atom. The van der Waals surface area contributed by atoms with Gasteiger partial charge in [-0.3, -0.25) is 4.98 Å². The standard InChI is InChI=1S/C14H21N3S/c1-10-3-5-11(6-4-10)17(2)12-7-8-16-13(9-12)14(15)18/h7-11H,3-6H2,1-2H3,(H2,15,18). The molecular weight excluding hydrogens is 242 g/mol. The molecule has 1 aromatic heterocycles. The molecule has 2 rings (SSSR count). The molecule has 0 amide bonds. The van der Waals surface area contributed by atoms with E-state index in [2.05, 4.69) is 23.9 Å². The zero-order valence-corrected chi connectivity index (χ0v) is 11.9. The Balaban J connectivity index is 2.10. The molecule has 4 heteroatoms. The third-order valence-electron chi connectivity index (χ3n) is 3.94. The van der Waals surface area contributed by atoms with Gasteiger partial charge in [0.15, 0.2) is 0 Å². The second-order valence-corrected chi connectivity index (χ2v) is 5.73. The van der Waals surface area contributed by atoms with Gasteiger partial charge < -0.3 is 10.6 Å². The third-order valence-corrected chi connectivity index (χ3v) is 4.15. The number of thiocarbonyl (C=S) groups is 1. The van der Waals surface area contributed by atoms with E-state index >= 15 is 0 Å². The minimum Gasteiger partial charge on any atom is -0.388 e. The van der Waals surface area contributed by atoms with E-state index in [1.54, 1.807) is 6.20 Å². The van der Waals surface area contributed by atoms with E-state index in [4.69, 9.17) is 18.0 Å². The molecule has 0 unspecified atom stereocenters. The van der Waals surface area contributed by atoms with Crippen molar-refractivity contribution in [1.29, 1.82) is 0 Å². The van der Waals surface area contributed by atoms with Crippen LogP contribution in [-0.2, 0) is 0 Å². The van der Waals surface area contributed by atoms with E-state index in [0.717, 1.165) is 11.6 Å². The number of hydrogen-bond acceptors (Lipinski definition) is 3. The van der Waals surface area contributed by atoms with Crippen molar-refractivity contribution in [1.82, 2.24) is 4.98 Å². The van der Waals surface area contributed by atoms with Crippen molar-refractivity contribution in [2.24, 2.45) is 11.7 Å². The third kappa shape index (κ3) is 2.99. The maximum Gasteiger partial charge on any atom is 0.122 e. The number of anilines is 1. The lowest BCUT2D eigenvalue weighted by Gasteiger charge is -2.35. The predicted molar refractivity (Wildman–Crippen MR) is 79.9 cm³/mol. The largest absolute Gasteiger partial charge is 0.388 e. The van der Waals surface area contributed by atoms with Crippen LogP contribution in [-0.4, -0.2) is 23.1 Å². The first-order chi connectivity index (χ1) is 8.58. The summed E-state index contributed by atoms with van der Waals surface area (Å²) in [6.07, 6.45) is 6.96. The van der Waals surface area contributed by atoms with Gasteiger partial charge in [0.05, 0.1) is 5.69 Å². The highest BCUT2D eigenvalue weighted by atomic mass is 32.1. The molecule has 0 radical (unpaired) electrons. The zero-order chi connectivity index (χ0) is 13.1. The van der Waals surface area contributed by atoms with Crippen LogP contribution in [0.3, 0.4) is 0 Å². The molecule has 0 bridgehead atoms. The molecule has 1 fully saturated rings. The number of rotatable bonds is 3. The number of nitrogens with two attached hydrogens (primary N) is 1. The van der Waals surface area contributed by atoms with E-state index in [9.17, 15) is 0 Å². The average molecular weight is 263 g/mol. The van der Waals surface area contributed by atoms with Gasteiger partial charge in [0, 0.05) is 25.0 Å². The molecule has 0 spiro atoms. The van der Waals surface area contributed by atoms with Crippen molar-refractivity contribution in [3.63, 3.8) is 0 Å². The van der Waals surface area contributed by atoms with Gasteiger partial charge in [-0.05, 0) is 43.7 Å². The highest BCUT2D eigenvalue weighted by Gasteiger charge is 2.22. The zero-order valence-electron chi connectivity index (χ0n) is 11.1. The predicted octanol–water partition coefficient (Wildman–Crippen LogP) is 2.73. The summed E-state index contributed by atoms with van der Waals surface area (Å²) in [6, 6.07) is 4.64. The molecule has 2 N–H and O–H groups in total. The van der Waals surface area contributed by atoms with Gasteiger partial charge in [-0.15, -0.1) is 0 Å². The molecule has 0 atom stereocenters. The molecule has 1 aliphatic carbocycles. The molecular formula is C14H21N3S. The van der Waals surface area contributed by atoms with Crippen LogP contribution >= 0.6 is 12.2 Å². The van der Waals surface area contributed by atoms with Gasteiger partial charge in [-0.2, -0.15) is 0 Å². The minimum atomic E-state index is 0.363. The van der Waals surface area contributed by atoms with Crippen molar-refractivity contribution in [2.45, 2.75) is 38.6 Å². The highest BCUT2D eigenvalue weighted by Crippen LogP contribution is 2.29. The van der Waals surface area contributed by atoms with Crippen molar-refractivity contribution in [3.8, 4) is 0 Å². The number of hydrogen-bond donors (Lipinski definition) is 1. The van der Waals surface area contributed by atoms with Gasteiger partial charge in [0.2, 0.25) is 0 Å². The summed E-state index contributed by atoms with van der Waals surface area (Å²) in [7, 11) is 2.15. The summed E-state index contributed by atoms with van der Waals surface area (Å²) in [5.74, 6) is 0.874. The number of pyridine rings is 1. The lowest BCUT2D eigenvalue weighted by Crippen LogP contribution is -2.35. The number of aromatic nitrogens is 1. The summed E-state index contributed by atoms with van der Waals surface area (Å²) >= 11 is 4.98. The van der Waals surface area contributed by atoms with Crippen LogP contribution < -0.4 is 10.6 Å². The summed E-state index contributed by atoms with van der Waals surface area (Å²) < 4.78 is 0. The van der Waals surface area contributed by atoms with Crippen LogP contribution in [0.25, 0.3) is 0 Å². The Hall–Kier alpha value is -1.16. The molecule has 1 aliphatic rings. The highest BCUT2D eigenvalue weighted by molar-refractivity contribution is 7.80. The SMILES string of the molecule is CC1CCC(N(C)c2ccnc(C(N)=S)c2)CC1. The maximum atomic E-state index is 5.63. The van der Waals surface area contributed by atoms with E-state index in [1.807, 2.05) is 12.1 Å². The van der Waals surface area contributed by atoms with Gasteiger partial charge in [-0.1, -0.05) is 19.1 Å². The molecule has 3 nitrogen and oxygen atoms in total. The summed E-state index contributed by atoms with van der Waals surface area (Å²) in [5, 5.41) is 0. The molecule has 0 saturated heterocycles. The minimum absolute atomic E-state index is 0.363. The van der Waals surface area contributed by atoms with Crippen LogP contribution in [0.15, 0.2) is 18.3 Å². The van der Waals surface area contributed by atoms with E-state index in [1.165, 1.54) is 25.7 Å².